The second-order valence-corrected chi connectivity index (χ2v) is 10.4. The Bertz CT molecular complexity index is 1710. The lowest BCUT2D eigenvalue weighted by molar-refractivity contribution is -0.138. The molecule has 2 heterocycles. The lowest BCUT2D eigenvalue weighted by Crippen LogP contribution is -2.13. The molecule has 41 heavy (non-hydrogen) atoms. The summed E-state index contributed by atoms with van der Waals surface area (Å²) in [5, 5.41) is 9.13. The number of hydrogen-bond acceptors (Lipinski definition) is 4. The molecule has 4 aromatic rings. The third kappa shape index (κ3) is 5.08. The normalized spacial score (nSPS) is 17.6. The van der Waals surface area contributed by atoms with Crippen molar-refractivity contribution in [2.45, 2.75) is 37.5 Å². The lowest BCUT2D eigenvalue weighted by Gasteiger charge is -2.20. The molecule has 2 atom stereocenters. The number of nitrogens with zero attached hydrogens (tertiary/aromatic N) is 1. The molecule has 0 saturated heterocycles. The minimum atomic E-state index is -4.54. The molecule has 1 aliphatic carbocycles. The highest BCUT2D eigenvalue weighted by Crippen LogP contribution is 2.47. The fraction of sp³-hybridized carbons (Fsp3) is 0.250. The molecule has 210 valence electrons. The number of alkyl halides is 3. The van der Waals surface area contributed by atoms with Crippen LogP contribution >= 0.6 is 0 Å². The van der Waals surface area contributed by atoms with Crippen LogP contribution in [0.1, 0.15) is 47.1 Å². The third-order valence-electron chi connectivity index (χ3n) is 7.81. The molecule has 1 aromatic heterocycles. The van der Waals surface area contributed by atoms with Gasteiger partial charge in [-0.3, -0.25) is 9.59 Å². The number of ether oxygens (including phenoxy) is 2. The second-order valence-electron chi connectivity index (χ2n) is 10.4. The van der Waals surface area contributed by atoms with Gasteiger partial charge in [0.05, 0.1) is 18.6 Å². The second kappa shape index (κ2) is 10.1. The molecular weight excluding hydrogens is 535 g/mol. The molecule has 6 rings (SSSR count). The third-order valence-corrected chi connectivity index (χ3v) is 7.81. The molecule has 0 radical (unpaired) electrons. The molecule has 0 saturated carbocycles. The number of aromatic nitrogens is 1. The van der Waals surface area contributed by atoms with E-state index >= 15 is 0 Å². The largest absolute Gasteiger partial charge is 0.492 e. The van der Waals surface area contributed by atoms with Crippen molar-refractivity contribution in [1.29, 1.82) is 0 Å². The summed E-state index contributed by atoms with van der Waals surface area (Å²) in [5.74, 6) is -0.0448. The van der Waals surface area contributed by atoms with Crippen LogP contribution in [0.5, 0.6) is 11.5 Å². The molecule has 9 heteroatoms. The summed E-state index contributed by atoms with van der Waals surface area (Å²) >= 11 is 0. The van der Waals surface area contributed by atoms with Gasteiger partial charge in [0.1, 0.15) is 17.6 Å². The summed E-state index contributed by atoms with van der Waals surface area (Å²) in [5.41, 5.74) is 3.48. The number of carboxylic acids is 1. The van der Waals surface area contributed by atoms with Gasteiger partial charge in [0, 0.05) is 36.9 Å². The van der Waals surface area contributed by atoms with Crippen molar-refractivity contribution in [2.75, 3.05) is 6.61 Å². The number of pyridine rings is 1. The molecule has 0 amide bonds. The fourth-order valence-corrected chi connectivity index (χ4v) is 5.82. The first kappa shape index (κ1) is 26.7. The quantitative estimate of drug-likeness (QED) is 0.282. The van der Waals surface area contributed by atoms with Gasteiger partial charge in [0.2, 0.25) is 5.56 Å². The first-order valence-corrected chi connectivity index (χ1v) is 13.2. The summed E-state index contributed by atoms with van der Waals surface area (Å²) in [4.78, 5) is 22.9. The molecule has 0 fully saturated rings. The molecule has 0 spiro atoms. The number of aryl methyl sites for hydroxylation is 1. The summed E-state index contributed by atoms with van der Waals surface area (Å²) in [6.07, 6.45) is -2.38. The van der Waals surface area contributed by atoms with E-state index in [1.807, 2.05) is 0 Å². The fourth-order valence-electron chi connectivity index (χ4n) is 5.82. The van der Waals surface area contributed by atoms with E-state index in [-0.39, 0.29) is 30.1 Å². The number of carbonyl (C=O) groups is 1. The van der Waals surface area contributed by atoms with Crippen molar-refractivity contribution in [1.82, 2.24) is 4.57 Å². The van der Waals surface area contributed by atoms with Crippen molar-refractivity contribution in [3.8, 4) is 33.8 Å². The van der Waals surface area contributed by atoms with Gasteiger partial charge in [-0.25, -0.2) is 0 Å². The maximum atomic E-state index is 14.2. The van der Waals surface area contributed by atoms with Gasteiger partial charge in [-0.15, -0.1) is 0 Å². The highest BCUT2D eigenvalue weighted by Gasteiger charge is 2.38. The van der Waals surface area contributed by atoms with Crippen LogP contribution in [0.25, 0.3) is 22.3 Å². The number of hydrogen-bond donors (Lipinski definition) is 1. The minimum absolute atomic E-state index is 0.0283. The number of halogens is 3. The molecule has 3 aromatic carbocycles. The van der Waals surface area contributed by atoms with Crippen LogP contribution in [-0.2, 0) is 24.4 Å². The Labute approximate surface area is 233 Å². The summed E-state index contributed by atoms with van der Waals surface area (Å²) in [6.45, 7) is 0.280. The van der Waals surface area contributed by atoms with E-state index in [0.717, 1.165) is 22.8 Å². The average Bonchev–Trinajstić information content (AvgIpc) is 3.52. The molecule has 2 unspecified atom stereocenters. The first-order valence-electron chi connectivity index (χ1n) is 13.2. The van der Waals surface area contributed by atoms with Gasteiger partial charge >= 0.3 is 12.1 Å². The zero-order chi connectivity index (χ0) is 28.9. The van der Waals surface area contributed by atoms with Crippen LogP contribution in [0.2, 0.25) is 0 Å². The Morgan fingerprint density at radius 2 is 1.71 bits per heavy atom. The van der Waals surface area contributed by atoms with Crippen LogP contribution in [0, 0.1) is 0 Å². The SMILES string of the molecule is Cn1cc(-c2ccc(-c3c(C(F)(F)F)ccc4c3CCC4Oc3ccc4c(c3)OCC4CC(=O)O)cc2)ccc1=O. The van der Waals surface area contributed by atoms with Crippen molar-refractivity contribution in [2.24, 2.45) is 7.05 Å². The Hall–Kier alpha value is -4.53. The highest BCUT2D eigenvalue weighted by molar-refractivity contribution is 5.77. The summed E-state index contributed by atoms with van der Waals surface area (Å²) < 4.78 is 56.0. The van der Waals surface area contributed by atoms with Gasteiger partial charge < -0.3 is 19.1 Å². The van der Waals surface area contributed by atoms with E-state index in [1.165, 1.54) is 16.7 Å². The van der Waals surface area contributed by atoms with Crippen molar-refractivity contribution >= 4 is 5.97 Å². The molecule has 1 N–H and O–H groups in total. The predicted molar refractivity (Wildman–Crippen MR) is 146 cm³/mol. The number of carboxylic acid groups (broad SMARTS) is 1. The van der Waals surface area contributed by atoms with Gasteiger partial charge in [-0.05, 0) is 64.4 Å². The maximum absolute atomic E-state index is 14.2. The topological polar surface area (TPSA) is 77.8 Å². The molecule has 0 bridgehead atoms. The van der Waals surface area contributed by atoms with E-state index in [4.69, 9.17) is 14.6 Å². The standard InChI is InChI=1S/C32H26F3NO5/c1-36-16-20(6-13-29(36)37)18-2-4-19(5-3-18)31-25-10-12-27(24(25)9-11-26(31)32(33,34)35)41-22-7-8-23-21(14-30(38)39)17-40-28(23)15-22/h2-9,11,13,15-16,21,27H,10,12,14,17H2,1H3,(H,38,39). The number of benzene rings is 3. The monoisotopic (exact) mass is 561 g/mol. The first-order chi connectivity index (χ1) is 19.6. The molecule has 2 aliphatic rings. The lowest BCUT2D eigenvalue weighted by atomic mass is 9.90. The van der Waals surface area contributed by atoms with Crippen molar-refractivity contribution in [3.63, 3.8) is 0 Å². The van der Waals surface area contributed by atoms with Crippen molar-refractivity contribution < 1.29 is 32.5 Å². The minimum Gasteiger partial charge on any atom is -0.492 e. The molecular formula is C32H26F3NO5. The van der Waals surface area contributed by atoms with Crippen LogP contribution in [0.3, 0.4) is 0 Å². The van der Waals surface area contributed by atoms with Gasteiger partial charge in [-0.2, -0.15) is 13.2 Å². The number of aliphatic carboxylic acids is 1. The Morgan fingerprint density at radius 1 is 1.00 bits per heavy atom. The smallest absolute Gasteiger partial charge is 0.417 e. The van der Waals surface area contributed by atoms with Crippen LogP contribution in [0.4, 0.5) is 13.2 Å². The summed E-state index contributed by atoms with van der Waals surface area (Å²) in [6, 6.07) is 17.9. The van der Waals surface area contributed by atoms with Crippen LogP contribution < -0.4 is 15.0 Å². The van der Waals surface area contributed by atoms with Gasteiger partial charge in [0.25, 0.3) is 0 Å². The van der Waals surface area contributed by atoms with E-state index in [9.17, 15) is 22.8 Å². The zero-order valence-corrected chi connectivity index (χ0v) is 22.1. The van der Waals surface area contributed by atoms with Gasteiger partial charge in [0.15, 0.2) is 0 Å². The maximum Gasteiger partial charge on any atom is 0.417 e. The van der Waals surface area contributed by atoms with E-state index in [0.29, 0.717) is 41.0 Å². The molecule has 6 nitrogen and oxygen atoms in total. The predicted octanol–water partition coefficient (Wildman–Crippen LogP) is 6.76. The molecule has 1 aliphatic heterocycles. The summed E-state index contributed by atoms with van der Waals surface area (Å²) in [7, 11) is 1.65. The number of fused-ring (bicyclic) bond motifs is 2. The van der Waals surface area contributed by atoms with Crippen LogP contribution in [0.15, 0.2) is 77.7 Å². The van der Waals surface area contributed by atoms with Crippen LogP contribution in [-0.4, -0.2) is 22.2 Å². The van der Waals surface area contributed by atoms with E-state index < -0.39 is 23.8 Å². The average molecular weight is 562 g/mol. The van der Waals surface area contributed by atoms with E-state index in [2.05, 4.69) is 0 Å². The highest BCUT2D eigenvalue weighted by atomic mass is 19.4. The Kier molecular flexibility index (Phi) is 6.60. The van der Waals surface area contributed by atoms with Gasteiger partial charge in [-0.1, -0.05) is 36.4 Å². The Balaban J connectivity index is 1.32. The Morgan fingerprint density at radius 3 is 2.41 bits per heavy atom. The number of rotatable bonds is 6. The van der Waals surface area contributed by atoms with E-state index in [1.54, 1.807) is 61.8 Å². The van der Waals surface area contributed by atoms with Crippen molar-refractivity contribution in [3.05, 3.63) is 106 Å². The zero-order valence-electron chi connectivity index (χ0n) is 22.1.